The van der Waals surface area contributed by atoms with Crippen molar-refractivity contribution in [1.82, 2.24) is 20.0 Å². The van der Waals surface area contributed by atoms with Gasteiger partial charge in [0.05, 0.1) is 16.9 Å². The first-order chi connectivity index (χ1) is 14.3. The van der Waals surface area contributed by atoms with Crippen LogP contribution < -0.4 is 11.1 Å². The van der Waals surface area contributed by atoms with E-state index < -0.39 is 17.9 Å². The summed E-state index contributed by atoms with van der Waals surface area (Å²) in [6, 6.07) is 11.5. The van der Waals surface area contributed by atoms with E-state index in [4.69, 9.17) is 5.73 Å². The van der Waals surface area contributed by atoms with Gasteiger partial charge in [-0.15, -0.1) is 5.10 Å². The third-order valence-electron chi connectivity index (χ3n) is 5.03. The van der Waals surface area contributed by atoms with Gasteiger partial charge in [-0.1, -0.05) is 18.2 Å². The summed E-state index contributed by atoms with van der Waals surface area (Å²) in [4.78, 5) is 0. The van der Waals surface area contributed by atoms with Gasteiger partial charge in [0.15, 0.2) is 5.82 Å². The van der Waals surface area contributed by atoms with Crippen LogP contribution in [0.25, 0.3) is 16.5 Å². The van der Waals surface area contributed by atoms with E-state index in [1.807, 2.05) is 37.4 Å². The number of nitrogens with one attached hydrogen (secondary N) is 1. The zero-order valence-corrected chi connectivity index (χ0v) is 16.3. The van der Waals surface area contributed by atoms with Gasteiger partial charge in [-0.3, -0.25) is 0 Å². The van der Waals surface area contributed by atoms with Crippen molar-refractivity contribution in [2.24, 2.45) is 5.73 Å². The number of hydrogen-bond acceptors (Lipinski definition) is 5. The summed E-state index contributed by atoms with van der Waals surface area (Å²) in [5.74, 6) is 0.383. The summed E-state index contributed by atoms with van der Waals surface area (Å²) < 4.78 is 41.5. The second-order valence-corrected chi connectivity index (χ2v) is 6.95. The van der Waals surface area contributed by atoms with E-state index in [2.05, 4.69) is 20.6 Å². The molecule has 2 aromatic carbocycles. The van der Waals surface area contributed by atoms with Crippen LogP contribution in [-0.4, -0.2) is 20.0 Å². The third kappa shape index (κ3) is 3.59. The molecule has 0 saturated carbocycles. The molecule has 6 nitrogen and oxygen atoms in total. The first kappa shape index (κ1) is 19.8. The summed E-state index contributed by atoms with van der Waals surface area (Å²) >= 11 is 0. The average molecular weight is 412 g/mol. The zero-order valence-electron chi connectivity index (χ0n) is 16.3. The lowest BCUT2D eigenvalue weighted by atomic mass is 10.00. The molecule has 0 unspecified atom stereocenters. The average Bonchev–Trinajstić information content (AvgIpc) is 3.24. The Balaban J connectivity index is 1.75. The highest BCUT2D eigenvalue weighted by Crippen LogP contribution is 2.35. The number of benzene rings is 2. The summed E-state index contributed by atoms with van der Waals surface area (Å²) in [6.07, 6.45) is -1.87. The van der Waals surface area contributed by atoms with Gasteiger partial charge in [0.2, 0.25) is 0 Å². The molecule has 0 aliphatic heterocycles. The van der Waals surface area contributed by atoms with Gasteiger partial charge in [0, 0.05) is 23.2 Å². The van der Waals surface area contributed by atoms with E-state index in [-0.39, 0.29) is 5.56 Å². The highest BCUT2D eigenvalue weighted by molar-refractivity contribution is 5.94. The number of nitrogens with two attached hydrogens (primary N) is 1. The van der Waals surface area contributed by atoms with E-state index in [1.54, 1.807) is 16.9 Å². The Labute approximate surface area is 170 Å². The molecule has 0 saturated heterocycles. The number of anilines is 1. The lowest BCUT2D eigenvalue weighted by Crippen LogP contribution is -2.23. The van der Waals surface area contributed by atoms with E-state index in [1.165, 1.54) is 13.0 Å². The number of fused-ring (bicyclic) bond motifs is 1. The second kappa shape index (κ2) is 7.42. The Morgan fingerprint density at radius 1 is 1.03 bits per heavy atom. The minimum Gasteiger partial charge on any atom is -0.349 e. The maximum absolute atomic E-state index is 13.3. The smallest absolute Gasteiger partial charge is 0.349 e. The second-order valence-electron chi connectivity index (χ2n) is 6.95. The van der Waals surface area contributed by atoms with Gasteiger partial charge in [-0.2, -0.15) is 23.4 Å². The van der Waals surface area contributed by atoms with Crippen molar-refractivity contribution in [2.45, 2.75) is 26.2 Å². The molecule has 4 aromatic rings. The molecule has 2 aromatic heterocycles. The molecule has 2 heterocycles. The largest absolute Gasteiger partial charge is 0.416 e. The number of halogens is 3. The Bertz CT molecular complexity index is 1200. The summed E-state index contributed by atoms with van der Waals surface area (Å²) in [7, 11) is 0. The van der Waals surface area contributed by atoms with Gasteiger partial charge in [0.1, 0.15) is 6.17 Å². The first-order valence-electron chi connectivity index (χ1n) is 9.21. The maximum atomic E-state index is 13.3. The molecular formula is C21H19F3N6. The fourth-order valence-corrected chi connectivity index (χ4v) is 3.47. The van der Waals surface area contributed by atoms with Crippen LogP contribution in [0, 0.1) is 13.8 Å². The van der Waals surface area contributed by atoms with E-state index in [0.29, 0.717) is 11.4 Å². The molecule has 0 radical (unpaired) electrons. The van der Waals surface area contributed by atoms with Crippen molar-refractivity contribution in [2.75, 3.05) is 5.32 Å². The van der Waals surface area contributed by atoms with Crippen LogP contribution in [0.2, 0.25) is 0 Å². The van der Waals surface area contributed by atoms with Crippen LogP contribution in [0.3, 0.4) is 0 Å². The third-order valence-corrected chi connectivity index (χ3v) is 5.03. The zero-order chi connectivity index (χ0) is 21.5. The van der Waals surface area contributed by atoms with Crippen molar-refractivity contribution in [3.63, 3.8) is 0 Å². The predicted octanol–water partition coefficient (Wildman–Crippen LogP) is 4.52. The number of alkyl halides is 3. The first-order valence-corrected chi connectivity index (χ1v) is 9.21. The van der Waals surface area contributed by atoms with Crippen molar-refractivity contribution in [3.05, 3.63) is 77.2 Å². The molecule has 3 N–H and O–H groups in total. The quantitative estimate of drug-likeness (QED) is 0.482. The molecule has 9 heteroatoms. The minimum atomic E-state index is -4.45. The topological polar surface area (TPSA) is 81.6 Å². The Kier molecular flexibility index (Phi) is 4.90. The Hall–Kier alpha value is -3.46. The lowest BCUT2D eigenvalue weighted by Gasteiger charge is -2.21. The summed E-state index contributed by atoms with van der Waals surface area (Å²) in [5, 5.41) is 17.2. The molecule has 4 rings (SSSR count). The minimum absolute atomic E-state index is 0.0756. The molecule has 154 valence electrons. The van der Waals surface area contributed by atoms with Crippen molar-refractivity contribution in [1.29, 1.82) is 0 Å². The van der Waals surface area contributed by atoms with Crippen LogP contribution in [0.5, 0.6) is 0 Å². The van der Waals surface area contributed by atoms with Crippen molar-refractivity contribution in [3.8, 4) is 5.69 Å². The van der Waals surface area contributed by atoms with Crippen LogP contribution in [-0.2, 0) is 6.18 Å². The standard InChI is InChI=1S/C21H19F3N6/c1-12-15(5-3-6-18(12)21(22,23)24)19(25)27-20-17-11-14(30-10-4-9-26-30)7-8-16(17)13(2)28-29-20/h3-11,19H,25H2,1-2H3,(H,27,29)/t19-/m0/s1. The van der Waals surface area contributed by atoms with Crippen LogP contribution >= 0.6 is 0 Å². The Morgan fingerprint density at radius 2 is 1.83 bits per heavy atom. The number of nitrogens with zero attached hydrogens (tertiary/aromatic N) is 4. The van der Waals surface area contributed by atoms with Gasteiger partial charge < -0.3 is 11.1 Å². The lowest BCUT2D eigenvalue weighted by molar-refractivity contribution is -0.138. The molecule has 0 aliphatic rings. The fraction of sp³-hybridized carbons (Fsp3) is 0.190. The molecule has 30 heavy (non-hydrogen) atoms. The number of rotatable bonds is 4. The highest BCUT2D eigenvalue weighted by Gasteiger charge is 2.33. The molecule has 0 amide bonds. The SMILES string of the molecule is Cc1c([C@@H](N)Nc2nnc(C)c3ccc(-n4cccn4)cc23)cccc1C(F)(F)F. The predicted molar refractivity (Wildman–Crippen MR) is 108 cm³/mol. The van der Waals surface area contributed by atoms with Gasteiger partial charge in [-0.25, -0.2) is 4.68 Å². The van der Waals surface area contributed by atoms with Crippen molar-refractivity contribution >= 4 is 16.6 Å². The molecular weight excluding hydrogens is 393 g/mol. The molecule has 0 bridgehead atoms. The number of hydrogen-bond donors (Lipinski definition) is 2. The normalized spacial score (nSPS) is 12.9. The maximum Gasteiger partial charge on any atom is 0.416 e. The van der Waals surface area contributed by atoms with Crippen LogP contribution in [0.1, 0.15) is 28.6 Å². The molecule has 1 atom stereocenters. The highest BCUT2D eigenvalue weighted by atomic mass is 19.4. The van der Waals surface area contributed by atoms with E-state index in [9.17, 15) is 13.2 Å². The van der Waals surface area contributed by atoms with E-state index >= 15 is 0 Å². The van der Waals surface area contributed by atoms with Gasteiger partial charge in [0.25, 0.3) is 0 Å². The summed E-state index contributed by atoms with van der Waals surface area (Å²) in [5.41, 5.74) is 7.48. The number of aromatic nitrogens is 4. The van der Waals surface area contributed by atoms with Crippen LogP contribution in [0.15, 0.2) is 54.9 Å². The van der Waals surface area contributed by atoms with Gasteiger partial charge >= 0.3 is 6.18 Å². The monoisotopic (exact) mass is 412 g/mol. The molecule has 0 spiro atoms. The fourth-order valence-electron chi connectivity index (χ4n) is 3.47. The Morgan fingerprint density at radius 3 is 2.53 bits per heavy atom. The van der Waals surface area contributed by atoms with Crippen molar-refractivity contribution < 1.29 is 13.2 Å². The van der Waals surface area contributed by atoms with Gasteiger partial charge in [-0.05, 0) is 49.2 Å². The molecule has 0 aliphatic carbocycles. The van der Waals surface area contributed by atoms with Crippen LogP contribution in [0.4, 0.5) is 19.0 Å². The number of aryl methyl sites for hydroxylation is 1. The van der Waals surface area contributed by atoms with E-state index in [0.717, 1.165) is 28.2 Å². The molecule has 0 fully saturated rings. The summed E-state index contributed by atoms with van der Waals surface area (Å²) in [6.45, 7) is 3.25.